The Bertz CT molecular complexity index is 309. The van der Waals surface area contributed by atoms with E-state index >= 15 is 0 Å². The van der Waals surface area contributed by atoms with Crippen LogP contribution in [-0.2, 0) is 0 Å². The van der Waals surface area contributed by atoms with Gasteiger partial charge in [0.1, 0.15) is 0 Å². The van der Waals surface area contributed by atoms with Crippen LogP contribution < -0.4 is 0 Å². The maximum atomic E-state index is 11.7. The third-order valence-electron chi connectivity index (χ3n) is 2.03. The number of halogens is 1. The van der Waals surface area contributed by atoms with Crippen LogP contribution in [0.15, 0.2) is 16.7 Å². The van der Waals surface area contributed by atoms with Gasteiger partial charge in [0, 0.05) is 24.5 Å². The molecule has 0 atom stereocenters. The van der Waals surface area contributed by atoms with E-state index in [0.717, 1.165) is 23.9 Å². The number of nitrogens with zero attached hydrogens (tertiary/aromatic N) is 1. The number of carbonyl (C=O) groups is 1. The lowest BCUT2D eigenvalue weighted by Gasteiger charge is -2.15. The molecule has 4 heteroatoms. The minimum atomic E-state index is -0.0477. The molecule has 0 saturated carbocycles. The van der Waals surface area contributed by atoms with Crippen molar-refractivity contribution in [2.75, 3.05) is 18.9 Å². The van der Waals surface area contributed by atoms with Gasteiger partial charge in [0.25, 0.3) is 5.91 Å². The van der Waals surface area contributed by atoms with Crippen LogP contribution in [0.1, 0.15) is 22.5 Å². The number of aryl methyl sites for hydroxylation is 1. The second-order valence-electron chi connectivity index (χ2n) is 3.20. The molecule has 0 bridgehead atoms. The molecule has 0 aliphatic heterocycles. The third kappa shape index (κ3) is 2.61. The smallest absolute Gasteiger partial charge is 0.289 e. The highest BCUT2D eigenvalue weighted by Gasteiger charge is 2.16. The second kappa shape index (κ2) is 5.20. The molecule has 0 aliphatic rings. The van der Waals surface area contributed by atoms with Gasteiger partial charge in [-0.15, -0.1) is 0 Å². The largest absolute Gasteiger partial charge is 0.459 e. The highest BCUT2D eigenvalue weighted by Crippen LogP contribution is 2.11. The van der Waals surface area contributed by atoms with Crippen molar-refractivity contribution < 1.29 is 9.21 Å². The van der Waals surface area contributed by atoms with E-state index in [2.05, 4.69) is 15.9 Å². The molecule has 1 heterocycles. The highest BCUT2D eigenvalue weighted by molar-refractivity contribution is 9.09. The lowest BCUT2D eigenvalue weighted by Crippen LogP contribution is -2.28. The Hall–Kier alpha value is -0.770. The van der Waals surface area contributed by atoms with Crippen molar-refractivity contribution in [2.24, 2.45) is 0 Å². The molecule has 0 radical (unpaired) electrons. The van der Waals surface area contributed by atoms with E-state index in [0.29, 0.717) is 5.76 Å². The molecule has 0 unspecified atom stereocenters. The average Bonchev–Trinajstić information content (AvgIpc) is 2.59. The molecule has 0 N–H and O–H groups in total. The van der Waals surface area contributed by atoms with Gasteiger partial charge in [-0.05, 0) is 19.4 Å². The van der Waals surface area contributed by atoms with Gasteiger partial charge in [-0.3, -0.25) is 4.79 Å². The molecule has 1 aromatic rings. The van der Waals surface area contributed by atoms with Crippen molar-refractivity contribution >= 4 is 21.8 Å². The molecule has 0 fully saturated rings. The first-order valence-electron chi connectivity index (χ1n) is 4.52. The van der Waals surface area contributed by atoms with Crippen LogP contribution in [-0.4, -0.2) is 29.7 Å². The lowest BCUT2D eigenvalue weighted by molar-refractivity contribution is 0.0763. The summed E-state index contributed by atoms with van der Waals surface area (Å²) in [5.41, 5.74) is 0.890. The molecule has 1 aromatic heterocycles. The fourth-order valence-electron chi connectivity index (χ4n) is 1.16. The number of alkyl halides is 1. The van der Waals surface area contributed by atoms with Crippen LogP contribution in [0, 0.1) is 6.92 Å². The minimum absolute atomic E-state index is 0.0477. The van der Waals surface area contributed by atoms with Crippen LogP contribution in [0.25, 0.3) is 0 Å². The molecular weight excluding hydrogens is 246 g/mol. The van der Waals surface area contributed by atoms with Gasteiger partial charge in [-0.2, -0.15) is 0 Å². The summed E-state index contributed by atoms with van der Waals surface area (Å²) in [4.78, 5) is 13.4. The van der Waals surface area contributed by atoms with Crippen molar-refractivity contribution in [3.63, 3.8) is 0 Å². The van der Waals surface area contributed by atoms with E-state index in [9.17, 15) is 4.79 Å². The lowest BCUT2D eigenvalue weighted by atomic mass is 10.2. The molecule has 78 valence electrons. The maximum Gasteiger partial charge on any atom is 0.289 e. The van der Waals surface area contributed by atoms with Crippen LogP contribution >= 0.6 is 15.9 Å². The predicted molar refractivity (Wildman–Crippen MR) is 58.8 cm³/mol. The van der Waals surface area contributed by atoms with Crippen molar-refractivity contribution in [2.45, 2.75) is 13.3 Å². The zero-order valence-corrected chi connectivity index (χ0v) is 10.0. The molecule has 0 aliphatic carbocycles. The first kappa shape index (κ1) is 11.3. The predicted octanol–water partition coefficient (Wildman–Crippen LogP) is 2.45. The second-order valence-corrected chi connectivity index (χ2v) is 3.99. The molecule has 0 spiro atoms. The SMILES string of the molecule is Cc1ccoc1C(=O)N(C)CCCBr. The zero-order valence-electron chi connectivity index (χ0n) is 8.42. The first-order chi connectivity index (χ1) is 6.66. The Kier molecular flexibility index (Phi) is 4.20. The maximum absolute atomic E-state index is 11.7. The van der Waals surface area contributed by atoms with Crippen molar-refractivity contribution in [3.05, 3.63) is 23.7 Å². The van der Waals surface area contributed by atoms with Gasteiger partial charge in [0.05, 0.1) is 6.26 Å². The van der Waals surface area contributed by atoms with Gasteiger partial charge in [0.2, 0.25) is 0 Å². The van der Waals surface area contributed by atoms with E-state index in [4.69, 9.17) is 4.42 Å². The normalized spacial score (nSPS) is 10.2. The van der Waals surface area contributed by atoms with Gasteiger partial charge < -0.3 is 9.32 Å². The summed E-state index contributed by atoms with van der Waals surface area (Å²) in [5.74, 6) is 0.399. The number of hydrogen-bond donors (Lipinski definition) is 0. The Morgan fingerprint density at radius 2 is 2.36 bits per heavy atom. The van der Waals surface area contributed by atoms with E-state index < -0.39 is 0 Å². The fourth-order valence-corrected chi connectivity index (χ4v) is 1.41. The Labute approximate surface area is 92.2 Å². The molecule has 0 saturated heterocycles. The van der Waals surface area contributed by atoms with Crippen LogP contribution in [0.4, 0.5) is 0 Å². The van der Waals surface area contributed by atoms with Crippen LogP contribution in [0.2, 0.25) is 0 Å². The summed E-state index contributed by atoms with van der Waals surface area (Å²) >= 11 is 3.33. The fraction of sp³-hybridized carbons (Fsp3) is 0.500. The number of rotatable bonds is 4. The summed E-state index contributed by atoms with van der Waals surface area (Å²) in [6.45, 7) is 2.61. The molecule has 14 heavy (non-hydrogen) atoms. The number of furan rings is 1. The summed E-state index contributed by atoms with van der Waals surface area (Å²) in [7, 11) is 1.78. The van der Waals surface area contributed by atoms with Gasteiger partial charge in [-0.1, -0.05) is 15.9 Å². The molecular formula is C10H14BrNO2. The first-order valence-corrected chi connectivity index (χ1v) is 5.64. The number of amides is 1. The molecule has 3 nitrogen and oxygen atoms in total. The zero-order chi connectivity index (χ0) is 10.6. The van der Waals surface area contributed by atoms with Gasteiger partial charge in [-0.25, -0.2) is 0 Å². The van der Waals surface area contributed by atoms with Crippen molar-refractivity contribution in [1.82, 2.24) is 4.90 Å². The number of hydrogen-bond acceptors (Lipinski definition) is 2. The van der Waals surface area contributed by atoms with Gasteiger partial charge >= 0.3 is 0 Å². The number of carbonyl (C=O) groups excluding carboxylic acids is 1. The Morgan fingerprint density at radius 1 is 1.64 bits per heavy atom. The van der Waals surface area contributed by atoms with Crippen LogP contribution in [0.3, 0.4) is 0 Å². The van der Waals surface area contributed by atoms with E-state index in [-0.39, 0.29) is 5.91 Å². The Morgan fingerprint density at radius 3 is 2.86 bits per heavy atom. The van der Waals surface area contributed by atoms with E-state index in [1.165, 1.54) is 0 Å². The van der Waals surface area contributed by atoms with Crippen molar-refractivity contribution in [3.8, 4) is 0 Å². The van der Waals surface area contributed by atoms with E-state index in [1.54, 1.807) is 24.3 Å². The minimum Gasteiger partial charge on any atom is -0.459 e. The van der Waals surface area contributed by atoms with Gasteiger partial charge in [0.15, 0.2) is 5.76 Å². The van der Waals surface area contributed by atoms with Crippen molar-refractivity contribution in [1.29, 1.82) is 0 Å². The average molecular weight is 260 g/mol. The molecule has 0 aromatic carbocycles. The summed E-state index contributed by atoms with van der Waals surface area (Å²) in [5, 5.41) is 0.905. The summed E-state index contributed by atoms with van der Waals surface area (Å²) < 4.78 is 5.12. The van der Waals surface area contributed by atoms with E-state index in [1.807, 2.05) is 6.92 Å². The summed E-state index contributed by atoms with van der Waals surface area (Å²) in [6, 6.07) is 1.80. The summed E-state index contributed by atoms with van der Waals surface area (Å²) in [6.07, 6.45) is 2.49. The Balaban J connectivity index is 2.61. The standard InChI is InChI=1S/C10H14BrNO2/c1-8-4-7-14-9(8)10(13)12(2)6-3-5-11/h4,7H,3,5-6H2,1-2H3. The quantitative estimate of drug-likeness (QED) is 0.779. The highest BCUT2D eigenvalue weighted by atomic mass is 79.9. The molecule has 1 amide bonds. The molecule has 1 rings (SSSR count). The topological polar surface area (TPSA) is 33.5 Å². The monoisotopic (exact) mass is 259 g/mol. The third-order valence-corrected chi connectivity index (χ3v) is 2.59. The van der Waals surface area contributed by atoms with Crippen LogP contribution in [0.5, 0.6) is 0 Å².